The van der Waals surface area contributed by atoms with Crippen molar-refractivity contribution in [1.29, 1.82) is 0 Å². The summed E-state index contributed by atoms with van der Waals surface area (Å²) in [5.41, 5.74) is 4.72. The predicted octanol–water partition coefficient (Wildman–Crippen LogP) is 6.17. The molecule has 1 aromatic heterocycles. The Hall–Kier alpha value is -3.44. The van der Waals surface area contributed by atoms with Gasteiger partial charge in [0.2, 0.25) is 0 Å². The van der Waals surface area contributed by atoms with Crippen LogP contribution in [0.4, 0.5) is 10.1 Å². The first-order valence-electron chi connectivity index (χ1n) is 11.1. The summed E-state index contributed by atoms with van der Waals surface area (Å²) in [6, 6.07) is 22.5. The van der Waals surface area contributed by atoms with Crippen molar-refractivity contribution in [2.24, 2.45) is 4.99 Å². The summed E-state index contributed by atoms with van der Waals surface area (Å²) in [5.74, 6) is -0.372. The molecule has 1 aliphatic heterocycles. The van der Waals surface area contributed by atoms with Crippen LogP contribution in [0, 0.1) is 5.82 Å². The zero-order valence-corrected chi connectivity index (χ0v) is 17.9. The molecule has 0 unspecified atom stereocenters. The van der Waals surface area contributed by atoms with E-state index in [2.05, 4.69) is 22.0 Å². The van der Waals surface area contributed by atoms with Crippen molar-refractivity contribution in [3.63, 3.8) is 0 Å². The highest BCUT2D eigenvalue weighted by molar-refractivity contribution is 6.21. The van der Waals surface area contributed by atoms with Crippen molar-refractivity contribution in [3.05, 3.63) is 95.3 Å². The summed E-state index contributed by atoms with van der Waals surface area (Å²) < 4.78 is 13.7. The minimum absolute atomic E-state index is 0.0186. The van der Waals surface area contributed by atoms with Gasteiger partial charge in [-0.2, -0.15) is 0 Å². The number of piperidine rings is 1. The molecule has 2 heterocycles. The number of aromatic hydroxyl groups is 1. The van der Waals surface area contributed by atoms with Gasteiger partial charge in [-0.15, -0.1) is 0 Å². The van der Waals surface area contributed by atoms with E-state index in [9.17, 15) is 9.50 Å². The lowest BCUT2D eigenvalue weighted by molar-refractivity contribution is 0.221. The van der Waals surface area contributed by atoms with E-state index in [1.54, 1.807) is 6.07 Å². The maximum Gasteiger partial charge on any atom is 0.199 e. The molecule has 5 rings (SSSR count). The zero-order chi connectivity index (χ0) is 21.9. The van der Waals surface area contributed by atoms with Crippen molar-refractivity contribution in [3.8, 4) is 5.88 Å². The maximum absolute atomic E-state index is 13.7. The van der Waals surface area contributed by atoms with Crippen LogP contribution >= 0.6 is 0 Å². The molecule has 1 saturated heterocycles. The normalized spacial score (nSPS) is 15.3. The van der Waals surface area contributed by atoms with Crippen molar-refractivity contribution < 1.29 is 9.50 Å². The number of nitrogens with one attached hydrogen (secondary N) is 1. The van der Waals surface area contributed by atoms with Crippen LogP contribution < -0.4 is 0 Å². The van der Waals surface area contributed by atoms with Gasteiger partial charge in [0.1, 0.15) is 5.82 Å². The molecular weight excluding hydrogens is 401 g/mol. The van der Waals surface area contributed by atoms with Gasteiger partial charge in [-0.3, -0.25) is 4.90 Å². The quantitative estimate of drug-likeness (QED) is 0.374. The summed E-state index contributed by atoms with van der Waals surface area (Å²) in [5, 5.41) is 11.4. The van der Waals surface area contributed by atoms with E-state index < -0.39 is 0 Å². The monoisotopic (exact) mass is 427 g/mol. The third-order valence-electron chi connectivity index (χ3n) is 6.06. The van der Waals surface area contributed by atoms with Gasteiger partial charge in [-0.25, -0.2) is 9.38 Å². The fraction of sp³-hybridized carbons (Fsp3) is 0.222. The van der Waals surface area contributed by atoms with E-state index in [0.717, 1.165) is 23.2 Å². The molecule has 0 atom stereocenters. The minimum Gasteiger partial charge on any atom is -0.494 e. The molecule has 4 nitrogen and oxygen atoms in total. The fourth-order valence-corrected chi connectivity index (χ4v) is 4.44. The van der Waals surface area contributed by atoms with E-state index in [0.29, 0.717) is 16.8 Å². The SMILES string of the molecule is Oc1[nH]c2cc(F)ccc2c1C(=Nc1ccc(CN2CCCCC2)cc1)c1ccccc1. The molecule has 2 N–H and O–H groups in total. The molecular formula is C27H26FN3O. The Morgan fingerprint density at radius 3 is 2.44 bits per heavy atom. The number of rotatable bonds is 5. The highest BCUT2D eigenvalue weighted by atomic mass is 19.1. The average Bonchev–Trinajstić information content (AvgIpc) is 3.14. The molecule has 4 aromatic rings. The molecule has 0 amide bonds. The van der Waals surface area contributed by atoms with Crippen LogP contribution in [0.15, 0.2) is 77.8 Å². The first-order chi connectivity index (χ1) is 15.7. The molecule has 0 bridgehead atoms. The van der Waals surface area contributed by atoms with Gasteiger partial charge in [0, 0.05) is 17.5 Å². The second-order valence-corrected chi connectivity index (χ2v) is 8.37. The van der Waals surface area contributed by atoms with Crippen LogP contribution in [0.25, 0.3) is 10.9 Å². The van der Waals surface area contributed by atoms with Crippen LogP contribution in [-0.2, 0) is 6.54 Å². The molecule has 0 radical (unpaired) electrons. The molecule has 5 heteroatoms. The zero-order valence-electron chi connectivity index (χ0n) is 17.9. The van der Waals surface area contributed by atoms with Crippen LogP contribution in [-0.4, -0.2) is 33.8 Å². The second-order valence-electron chi connectivity index (χ2n) is 8.37. The topological polar surface area (TPSA) is 51.6 Å². The number of nitrogens with zero attached hydrogens (tertiary/aromatic N) is 2. The van der Waals surface area contributed by atoms with Gasteiger partial charge in [0.05, 0.1) is 22.5 Å². The molecule has 1 aliphatic rings. The highest BCUT2D eigenvalue weighted by Crippen LogP contribution is 2.32. The number of fused-ring (bicyclic) bond motifs is 1. The molecule has 32 heavy (non-hydrogen) atoms. The first-order valence-corrected chi connectivity index (χ1v) is 11.1. The molecule has 3 aromatic carbocycles. The van der Waals surface area contributed by atoms with Gasteiger partial charge in [-0.05, 0) is 61.8 Å². The number of H-pyrrole nitrogens is 1. The number of benzene rings is 3. The molecule has 0 spiro atoms. The van der Waals surface area contributed by atoms with Crippen molar-refractivity contribution >= 4 is 22.3 Å². The lowest BCUT2D eigenvalue weighted by Crippen LogP contribution is -2.28. The minimum atomic E-state index is -0.354. The number of hydrogen-bond acceptors (Lipinski definition) is 3. The number of hydrogen-bond donors (Lipinski definition) is 2. The van der Waals surface area contributed by atoms with E-state index in [1.165, 1.54) is 50.0 Å². The summed E-state index contributed by atoms with van der Waals surface area (Å²) in [6.45, 7) is 3.29. The standard InChI is InChI=1S/C27H26FN3O/c28-21-11-14-23-24(17-21)30-27(32)25(23)26(20-7-3-1-4-8-20)29-22-12-9-19(10-13-22)18-31-15-5-2-6-16-31/h1,3-4,7-14,17,30,32H,2,5-6,15-16,18H2. The summed E-state index contributed by atoms with van der Waals surface area (Å²) >= 11 is 0. The Balaban J connectivity index is 1.53. The summed E-state index contributed by atoms with van der Waals surface area (Å²) in [6.07, 6.45) is 3.89. The number of likely N-dealkylation sites (tertiary alicyclic amines) is 1. The van der Waals surface area contributed by atoms with Crippen molar-refractivity contribution in [1.82, 2.24) is 9.88 Å². The molecule has 0 aliphatic carbocycles. The van der Waals surface area contributed by atoms with E-state index in [1.807, 2.05) is 42.5 Å². The Morgan fingerprint density at radius 2 is 1.69 bits per heavy atom. The number of halogens is 1. The highest BCUT2D eigenvalue weighted by Gasteiger charge is 2.19. The third kappa shape index (κ3) is 4.30. The van der Waals surface area contributed by atoms with Gasteiger partial charge in [0.15, 0.2) is 5.88 Å². The number of aromatic nitrogens is 1. The molecule has 162 valence electrons. The first kappa shape index (κ1) is 20.5. The number of aromatic amines is 1. The van der Waals surface area contributed by atoms with Gasteiger partial charge >= 0.3 is 0 Å². The van der Waals surface area contributed by atoms with Crippen molar-refractivity contribution in [2.75, 3.05) is 13.1 Å². The van der Waals surface area contributed by atoms with Crippen LogP contribution in [0.1, 0.15) is 36.0 Å². The van der Waals surface area contributed by atoms with Crippen LogP contribution in [0.3, 0.4) is 0 Å². The Morgan fingerprint density at radius 1 is 0.938 bits per heavy atom. The van der Waals surface area contributed by atoms with Gasteiger partial charge in [0.25, 0.3) is 0 Å². The molecule has 0 saturated carbocycles. The Bertz CT molecular complexity index is 1240. The second kappa shape index (κ2) is 8.97. The average molecular weight is 428 g/mol. The van der Waals surface area contributed by atoms with Crippen LogP contribution in [0.2, 0.25) is 0 Å². The Kier molecular flexibility index (Phi) is 5.73. The van der Waals surface area contributed by atoms with E-state index >= 15 is 0 Å². The lowest BCUT2D eigenvalue weighted by atomic mass is 10.0. The number of aliphatic imine (C=N–C) groups is 1. The summed E-state index contributed by atoms with van der Waals surface area (Å²) in [4.78, 5) is 10.3. The van der Waals surface area contributed by atoms with Crippen molar-refractivity contribution in [2.45, 2.75) is 25.8 Å². The smallest absolute Gasteiger partial charge is 0.199 e. The fourth-order valence-electron chi connectivity index (χ4n) is 4.44. The van der Waals surface area contributed by atoms with E-state index in [-0.39, 0.29) is 11.7 Å². The largest absolute Gasteiger partial charge is 0.494 e. The predicted molar refractivity (Wildman–Crippen MR) is 127 cm³/mol. The molecule has 1 fully saturated rings. The van der Waals surface area contributed by atoms with Gasteiger partial charge < -0.3 is 10.1 Å². The third-order valence-corrected chi connectivity index (χ3v) is 6.06. The van der Waals surface area contributed by atoms with Crippen LogP contribution in [0.5, 0.6) is 5.88 Å². The summed E-state index contributed by atoms with van der Waals surface area (Å²) in [7, 11) is 0. The van der Waals surface area contributed by atoms with Gasteiger partial charge in [-0.1, -0.05) is 48.9 Å². The lowest BCUT2D eigenvalue weighted by Gasteiger charge is -2.26. The maximum atomic E-state index is 13.7. The Labute approximate surface area is 187 Å². The van der Waals surface area contributed by atoms with E-state index in [4.69, 9.17) is 4.99 Å².